The zero-order valence-corrected chi connectivity index (χ0v) is 9.05. The van der Waals surface area contributed by atoms with Crippen molar-refractivity contribution in [2.24, 2.45) is 0 Å². The van der Waals surface area contributed by atoms with Crippen molar-refractivity contribution in [2.45, 2.75) is 12.2 Å². The maximum atomic E-state index is 11.0. The predicted molar refractivity (Wildman–Crippen MR) is 54.4 cm³/mol. The van der Waals surface area contributed by atoms with Crippen molar-refractivity contribution in [2.75, 3.05) is 12.8 Å². The number of carbonyl (C=O) groups excluding carboxylic acids is 1. The number of hydrogen-bond donors (Lipinski definition) is 3. The van der Waals surface area contributed by atoms with Gasteiger partial charge in [0.15, 0.2) is 6.10 Å². The molecule has 0 aliphatic rings. The zero-order valence-electron chi connectivity index (χ0n) is 8.29. The third kappa shape index (κ3) is 2.57. The van der Waals surface area contributed by atoms with Gasteiger partial charge >= 0.3 is 5.97 Å². The number of aliphatic hydroxyl groups is 2. The Labute approximate surface area is 95.8 Å². The molecule has 0 saturated carbocycles. The van der Waals surface area contributed by atoms with Gasteiger partial charge in [-0.3, -0.25) is 4.98 Å². The van der Waals surface area contributed by atoms with Crippen LogP contribution in [-0.4, -0.2) is 39.4 Å². The van der Waals surface area contributed by atoms with Gasteiger partial charge in [-0.05, 0) is 0 Å². The lowest BCUT2D eigenvalue weighted by Crippen LogP contribution is -2.30. The summed E-state index contributed by atoms with van der Waals surface area (Å²) < 4.78 is 4.25. The highest BCUT2D eigenvalue weighted by atomic mass is 35.5. The molecule has 0 aliphatic carbocycles. The van der Waals surface area contributed by atoms with E-state index in [-0.39, 0.29) is 16.7 Å². The number of methoxy groups -OCH3 is 1. The van der Waals surface area contributed by atoms with E-state index in [1.807, 2.05) is 0 Å². The molecule has 1 aromatic rings. The van der Waals surface area contributed by atoms with Gasteiger partial charge in [0.2, 0.25) is 0 Å². The van der Waals surface area contributed by atoms with E-state index < -0.39 is 18.2 Å². The van der Waals surface area contributed by atoms with Crippen LogP contribution in [0.5, 0.6) is 0 Å². The van der Waals surface area contributed by atoms with Crippen LogP contribution in [0.4, 0.5) is 5.82 Å². The SMILES string of the molecule is COC(=O)C(O)C(O)c1ncc(Cl)nc1N. The van der Waals surface area contributed by atoms with Gasteiger partial charge in [0.05, 0.1) is 13.3 Å². The van der Waals surface area contributed by atoms with E-state index in [9.17, 15) is 15.0 Å². The Balaban J connectivity index is 2.96. The zero-order chi connectivity index (χ0) is 12.3. The molecule has 16 heavy (non-hydrogen) atoms. The number of rotatable bonds is 3. The third-order valence-corrected chi connectivity index (χ3v) is 2.00. The van der Waals surface area contributed by atoms with Crippen LogP contribution >= 0.6 is 11.6 Å². The van der Waals surface area contributed by atoms with Gasteiger partial charge in [-0.2, -0.15) is 0 Å². The summed E-state index contributed by atoms with van der Waals surface area (Å²) in [7, 11) is 1.08. The summed E-state index contributed by atoms with van der Waals surface area (Å²) in [6.07, 6.45) is -2.25. The minimum atomic E-state index is -1.78. The van der Waals surface area contributed by atoms with E-state index in [4.69, 9.17) is 17.3 Å². The molecule has 1 heterocycles. The smallest absolute Gasteiger partial charge is 0.337 e. The molecular formula is C8H10ClN3O4. The second-order valence-electron chi connectivity index (χ2n) is 2.88. The highest BCUT2D eigenvalue weighted by molar-refractivity contribution is 6.29. The molecule has 0 fully saturated rings. The van der Waals surface area contributed by atoms with E-state index in [1.165, 1.54) is 0 Å². The molecule has 0 amide bonds. The fraction of sp³-hybridized carbons (Fsp3) is 0.375. The second kappa shape index (κ2) is 5.06. The number of ether oxygens (including phenoxy) is 1. The van der Waals surface area contributed by atoms with Crippen LogP contribution < -0.4 is 5.73 Å². The van der Waals surface area contributed by atoms with Crippen molar-refractivity contribution in [3.05, 3.63) is 17.0 Å². The van der Waals surface area contributed by atoms with Crippen molar-refractivity contribution in [1.82, 2.24) is 9.97 Å². The first kappa shape index (κ1) is 12.6. The first-order chi connectivity index (χ1) is 7.47. The fourth-order valence-electron chi connectivity index (χ4n) is 1.02. The van der Waals surface area contributed by atoms with Crippen LogP contribution in [-0.2, 0) is 9.53 Å². The Bertz CT molecular complexity index is 401. The van der Waals surface area contributed by atoms with Gasteiger partial charge in [-0.25, -0.2) is 9.78 Å². The Morgan fingerprint density at radius 3 is 2.75 bits per heavy atom. The average Bonchev–Trinajstić information content (AvgIpc) is 2.26. The molecule has 0 spiro atoms. The first-order valence-electron chi connectivity index (χ1n) is 4.19. The Hall–Kier alpha value is -1.44. The molecule has 4 N–H and O–H groups in total. The topological polar surface area (TPSA) is 119 Å². The third-order valence-electron chi connectivity index (χ3n) is 1.82. The molecule has 0 aliphatic heterocycles. The summed E-state index contributed by atoms with van der Waals surface area (Å²) in [5, 5.41) is 19.0. The number of hydrogen-bond acceptors (Lipinski definition) is 7. The van der Waals surface area contributed by atoms with Crippen molar-refractivity contribution in [1.29, 1.82) is 0 Å². The van der Waals surface area contributed by atoms with E-state index in [2.05, 4.69) is 14.7 Å². The first-order valence-corrected chi connectivity index (χ1v) is 4.57. The molecular weight excluding hydrogens is 238 g/mol. The maximum Gasteiger partial charge on any atom is 0.337 e. The number of esters is 1. The lowest BCUT2D eigenvalue weighted by molar-refractivity contribution is -0.157. The highest BCUT2D eigenvalue weighted by Crippen LogP contribution is 2.21. The Morgan fingerprint density at radius 2 is 2.25 bits per heavy atom. The molecule has 0 radical (unpaired) electrons. The molecule has 0 saturated heterocycles. The number of anilines is 1. The Kier molecular flexibility index (Phi) is 3.99. The molecule has 0 bridgehead atoms. The van der Waals surface area contributed by atoms with Crippen LogP contribution in [0.25, 0.3) is 0 Å². The van der Waals surface area contributed by atoms with Crippen LogP contribution in [0.1, 0.15) is 11.8 Å². The molecule has 2 unspecified atom stereocenters. The average molecular weight is 248 g/mol. The largest absolute Gasteiger partial charge is 0.467 e. The fourth-order valence-corrected chi connectivity index (χ4v) is 1.16. The summed E-state index contributed by atoms with van der Waals surface area (Å²) in [6.45, 7) is 0. The lowest BCUT2D eigenvalue weighted by Gasteiger charge is -2.15. The number of halogens is 1. The van der Waals surface area contributed by atoms with Gasteiger partial charge in [-0.15, -0.1) is 0 Å². The molecule has 1 aromatic heterocycles. The molecule has 8 heteroatoms. The molecule has 7 nitrogen and oxygen atoms in total. The minimum Gasteiger partial charge on any atom is -0.467 e. The van der Waals surface area contributed by atoms with Gasteiger partial charge in [0.25, 0.3) is 0 Å². The van der Waals surface area contributed by atoms with Gasteiger partial charge in [-0.1, -0.05) is 11.6 Å². The van der Waals surface area contributed by atoms with E-state index >= 15 is 0 Å². The van der Waals surface area contributed by atoms with Crippen LogP contribution in [0.15, 0.2) is 6.20 Å². The second-order valence-corrected chi connectivity index (χ2v) is 3.26. The Morgan fingerprint density at radius 1 is 1.62 bits per heavy atom. The summed E-state index contributed by atoms with van der Waals surface area (Å²) in [4.78, 5) is 18.3. The number of nitrogens with two attached hydrogens (primary N) is 1. The summed E-state index contributed by atoms with van der Waals surface area (Å²) >= 11 is 5.50. The maximum absolute atomic E-state index is 11.0. The molecule has 88 valence electrons. The predicted octanol–water partition coefficient (Wildman–Crippen LogP) is -0.721. The van der Waals surface area contributed by atoms with Crippen LogP contribution in [0, 0.1) is 0 Å². The van der Waals surface area contributed by atoms with Crippen molar-refractivity contribution >= 4 is 23.4 Å². The van der Waals surface area contributed by atoms with Gasteiger partial charge in [0, 0.05) is 0 Å². The van der Waals surface area contributed by atoms with E-state index in [1.54, 1.807) is 0 Å². The van der Waals surface area contributed by atoms with Gasteiger partial charge in [0.1, 0.15) is 22.8 Å². The summed E-state index contributed by atoms with van der Waals surface area (Å²) in [5.74, 6) is -1.16. The highest BCUT2D eigenvalue weighted by Gasteiger charge is 2.29. The lowest BCUT2D eigenvalue weighted by atomic mass is 10.1. The quantitative estimate of drug-likeness (QED) is 0.603. The number of aliphatic hydroxyl groups excluding tert-OH is 2. The van der Waals surface area contributed by atoms with Crippen molar-refractivity contribution < 1.29 is 19.7 Å². The van der Waals surface area contributed by atoms with Crippen molar-refractivity contribution in [3.8, 4) is 0 Å². The number of nitrogens with zero attached hydrogens (tertiary/aromatic N) is 2. The van der Waals surface area contributed by atoms with Crippen molar-refractivity contribution in [3.63, 3.8) is 0 Å². The van der Waals surface area contributed by atoms with E-state index in [0.29, 0.717) is 0 Å². The number of nitrogen functional groups attached to an aromatic ring is 1. The standard InChI is InChI=1S/C8H10ClN3O4/c1-16-8(15)6(14)5(13)4-7(10)12-3(9)2-11-4/h2,5-6,13-14H,1H3,(H2,10,12). The number of aromatic nitrogens is 2. The molecule has 0 aromatic carbocycles. The van der Waals surface area contributed by atoms with E-state index in [0.717, 1.165) is 13.3 Å². The van der Waals surface area contributed by atoms with Crippen LogP contribution in [0.3, 0.4) is 0 Å². The summed E-state index contributed by atoms with van der Waals surface area (Å²) in [6, 6.07) is 0. The minimum absolute atomic E-state index is 0.0426. The normalized spacial score (nSPS) is 14.2. The molecule has 1 rings (SSSR count). The van der Waals surface area contributed by atoms with Gasteiger partial charge < -0.3 is 20.7 Å². The molecule has 2 atom stereocenters. The summed E-state index contributed by atoms with van der Waals surface area (Å²) in [5.41, 5.74) is 5.28. The monoisotopic (exact) mass is 247 g/mol. The van der Waals surface area contributed by atoms with Crippen LogP contribution in [0.2, 0.25) is 5.15 Å². The number of carbonyl (C=O) groups is 1.